The van der Waals surface area contributed by atoms with E-state index in [4.69, 9.17) is 0 Å². The molecular formula is C20H27N5. The van der Waals surface area contributed by atoms with Crippen molar-refractivity contribution in [2.75, 3.05) is 10.6 Å². The number of nitrogens with zero attached hydrogens (tertiary/aromatic N) is 3. The van der Waals surface area contributed by atoms with Crippen molar-refractivity contribution in [2.45, 2.75) is 50.6 Å². The molecule has 0 aliphatic heterocycles. The van der Waals surface area contributed by atoms with Crippen LogP contribution >= 0.6 is 0 Å². The number of aryl methyl sites for hydroxylation is 1. The molecule has 2 aromatic rings. The van der Waals surface area contributed by atoms with Gasteiger partial charge < -0.3 is 15.2 Å². The van der Waals surface area contributed by atoms with Crippen molar-refractivity contribution in [3.8, 4) is 0 Å². The number of hydrogen-bond acceptors (Lipinski definition) is 4. The van der Waals surface area contributed by atoms with Gasteiger partial charge in [0.2, 0.25) is 0 Å². The number of para-hydroxylation sites is 2. The van der Waals surface area contributed by atoms with Gasteiger partial charge in [0.25, 0.3) is 0 Å². The first-order valence-corrected chi connectivity index (χ1v) is 9.63. The van der Waals surface area contributed by atoms with Crippen LogP contribution in [0.4, 0.5) is 11.4 Å². The van der Waals surface area contributed by atoms with Gasteiger partial charge in [-0.15, -0.1) is 10.2 Å². The quantitative estimate of drug-likeness (QED) is 0.871. The average Bonchev–Trinajstić information content (AvgIpc) is 2.97. The van der Waals surface area contributed by atoms with Crippen molar-refractivity contribution < 1.29 is 0 Å². The van der Waals surface area contributed by atoms with Crippen LogP contribution in [-0.4, -0.2) is 20.3 Å². The van der Waals surface area contributed by atoms with Crippen molar-refractivity contribution in [2.24, 2.45) is 24.8 Å². The van der Waals surface area contributed by atoms with Gasteiger partial charge in [0.15, 0.2) is 5.82 Å². The summed E-state index contributed by atoms with van der Waals surface area (Å²) in [5, 5.41) is 15.7. The summed E-state index contributed by atoms with van der Waals surface area (Å²) in [6, 6.07) is 8.62. The Morgan fingerprint density at radius 1 is 1.04 bits per heavy atom. The summed E-state index contributed by atoms with van der Waals surface area (Å²) in [7, 11) is 1.98. The lowest BCUT2D eigenvalue weighted by Crippen LogP contribution is -2.54. The Balaban J connectivity index is 1.35. The number of nitrogens with one attached hydrogen (secondary N) is 2. The highest BCUT2D eigenvalue weighted by atomic mass is 15.3. The molecule has 5 heteroatoms. The minimum atomic E-state index is 0.331. The molecule has 0 saturated heterocycles. The van der Waals surface area contributed by atoms with Gasteiger partial charge in [0, 0.05) is 12.6 Å². The van der Waals surface area contributed by atoms with Crippen molar-refractivity contribution in [3.63, 3.8) is 0 Å². The monoisotopic (exact) mass is 337 g/mol. The van der Waals surface area contributed by atoms with Gasteiger partial charge in [0.1, 0.15) is 6.33 Å². The van der Waals surface area contributed by atoms with Gasteiger partial charge in [-0.05, 0) is 68.4 Å². The van der Waals surface area contributed by atoms with Gasteiger partial charge >= 0.3 is 0 Å². The second-order valence-electron chi connectivity index (χ2n) is 8.58. The Labute approximate surface area is 149 Å². The van der Waals surface area contributed by atoms with Crippen LogP contribution in [0.5, 0.6) is 0 Å². The fourth-order valence-corrected chi connectivity index (χ4v) is 5.94. The van der Waals surface area contributed by atoms with Crippen LogP contribution in [-0.2, 0) is 13.6 Å². The van der Waals surface area contributed by atoms with E-state index >= 15 is 0 Å². The molecule has 0 amide bonds. The first-order chi connectivity index (χ1) is 12.2. The molecule has 0 radical (unpaired) electrons. The zero-order chi connectivity index (χ0) is 16.9. The Morgan fingerprint density at radius 2 is 1.68 bits per heavy atom. The first-order valence-electron chi connectivity index (χ1n) is 9.63. The zero-order valence-electron chi connectivity index (χ0n) is 14.9. The lowest BCUT2D eigenvalue weighted by atomic mass is 9.53. The molecule has 2 N–H and O–H groups in total. The fourth-order valence-electron chi connectivity index (χ4n) is 5.94. The maximum absolute atomic E-state index is 4.17. The van der Waals surface area contributed by atoms with Gasteiger partial charge in [-0.3, -0.25) is 0 Å². The normalized spacial score (nSPS) is 32.8. The highest BCUT2D eigenvalue weighted by molar-refractivity contribution is 5.69. The lowest BCUT2D eigenvalue weighted by Gasteiger charge is -2.57. The Morgan fingerprint density at radius 3 is 2.28 bits per heavy atom. The predicted octanol–water partition coefficient (Wildman–Crippen LogP) is 3.81. The summed E-state index contributed by atoms with van der Waals surface area (Å²) >= 11 is 0. The van der Waals surface area contributed by atoms with Crippen molar-refractivity contribution in [3.05, 3.63) is 36.4 Å². The molecule has 6 rings (SSSR count). The molecule has 4 bridgehead atoms. The maximum atomic E-state index is 4.17. The second kappa shape index (κ2) is 5.75. The van der Waals surface area contributed by atoms with Gasteiger partial charge in [-0.1, -0.05) is 12.1 Å². The Kier molecular flexibility index (Phi) is 3.50. The molecule has 5 nitrogen and oxygen atoms in total. The predicted molar refractivity (Wildman–Crippen MR) is 99.3 cm³/mol. The van der Waals surface area contributed by atoms with E-state index in [9.17, 15) is 0 Å². The third kappa shape index (κ3) is 2.79. The molecule has 0 atom stereocenters. The smallest absolute Gasteiger partial charge is 0.151 e. The summed E-state index contributed by atoms with van der Waals surface area (Å²) < 4.78 is 1.96. The minimum absolute atomic E-state index is 0.331. The molecule has 132 valence electrons. The van der Waals surface area contributed by atoms with E-state index < -0.39 is 0 Å². The summed E-state index contributed by atoms with van der Waals surface area (Å²) in [5.41, 5.74) is 2.74. The SMILES string of the molecule is Cn1cnnc1CNc1ccccc1NC12CC3CC(CC(C3)C1)C2. The number of hydrogen-bond donors (Lipinski definition) is 2. The molecule has 4 aliphatic rings. The molecule has 4 aliphatic carbocycles. The second-order valence-corrected chi connectivity index (χ2v) is 8.58. The minimum Gasteiger partial charge on any atom is -0.378 e. The number of rotatable bonds is 5. The van der Waals surface area contributed by atoms with Crippen molar-refractivity contribution in [1.82, 2.24) is 14.8 Å². The fraction of sp³-hybridized carbons (Fsp3) is 0.600. The highest BCUT2D eigenvalue weighted by Gasteiger charge is 2.51. The highest BCUT2D eigenvalue weighted by Crippen LogP contribution is 2.56. The van der Waals surface area contributed by atoms with E-state index in [0.29, 0.717) is 12.1 Å². The molecule has 1 aromatic carbocycles. The van der Waals surface area contributed by atoms with E-state index in [1.807, 2.05) is 11.6 Å². The maximum Gasteiger partial charge on any atom is 0.151 e. The Hall–Kier alpha value is -2.04. The van der Waals surface area contributed by atoms with E-state index in [2.05, 4.69) is 45.1 Å². The van der Waals surface area contributed by atoms with Crippen LogP contribution in [0.1, 0.15) is 44.3 Å². The van der Waals surface area contributed by atoms with Crippen LogP contribution in [0.25, 0.3) is 0 Å². The molecule has 4 fully saturated rings. The number of aromatic nitrogens is 3. The molecular weight excluding hydrogens is 310 g/mol. The molecule has 0 unspecified atom stereocenters. The molecule has 25 heavy (non-hydrogen) atoms. The van der Waals surface area contributed by atoms with Crippen LogP contribution in [0, 0.1) is 17.8 Å². The largest absolute Gasteiger partial charge is 0.378 e. The summed E-state index contributed by atoms with van der Waals surface area (Å²) in [6.07, 6.45) is 10.3. The standard InChI is InChI=1S/C20H27N5/c1-25-13-22-24-19(25)12-21-17-4-2-3-5-18(17)23-20-9-14-6-15(10-20)8-16(7-14)11-20/h2-5,13-16,21,23H,6-12H2,1H3. The Bertz CT molecular complexity index is 730. The molecule has 1 aromatic heterocycles. The van der Waals surface area contributed by atoms with Crippen LogP contribution in [0.15, 0.2) is 30.6 Å². The third-order valence-electron chi connectivity index (χ3n) is 6.61. The summed E-state index contributed by atoms with van der Waals surface area (Å²) in [6.45, 7) is 0.691. The van der Waals surface area contributed by atoms with E-state index in [-0.39, 0.29) is 0 Å². The third-order valence-corrected chi connectivity index (χ3v) is 6.61. The molecule has 0 spiro atoms. The van der Waals surface area contributed by atoms with Crippen molar-refractivity contribution in [1.29, 1.82) is 0 Å². The topological polar surface area (TPSA) is 54.8 Å². The molecule has 1 heterocycles. The van der Waals surface area contributed by atoms with Crippen LogP contribution < -0.4 is 10.6 Å². The van der Waals surface area contributed by atoms with Gasteiger partial charge in [-0.2, -0.15) is 0 Å². The molecule has 4 saturated carbocycles. The number of benzene rings is 1. The summed E-state index contributed by atoms with van der Waals surface area (Å²) in [4.78, 5) is 0. The lowest BCUT2D eigenvalue weighted by molar-refractivity contribution is 0.0107. The van der Waals surface area contributed by atoms with E-state index in [1.165, 1.54) is 49.9 Å². The van der Waals surface area contributed by atoms with E-state index in [1.54, 1.807) is 6.33 Å². The zero-order valence-corrected chi connectivity index (χ0v) is 14.9. The van der Waals surface area contributed by atoms with Gasteiger partial charge in [-0.25, -0.2) is 0 Å². The van der Waals surface area contributed by atoms with Gasteiger partial charge in [0.05, 0.1) is 17.9 Å². The average molecular weight is 337 g/mol. The van der Waals surface area contributed by atoms with Crippen molar-refractivity contribution >= 4 is 11.4 Å². The first kappa shape index (κ1) is 15.2. The summed E-state index contributed by atoms with van der Waals surface area (Å²) in [5.74, 6) is 3.82. The van der Waals surface area contributed by atoms with Crippen LogP contribution in [0.3, 0.4) is 0 Å². The number of anilines is 2. The van der Waals surface area contributed by atoms with E-state index in [0.717, 1.165) is 23.6 Å². The van der Waals surface area contributed by atoms with Crippen LogP contribution in [0.2, 0.25) is 0 Å².